The van der Waals surface area contributed by atoms with Gasteiger partial charge in [-0.05, 0) is 37.1 Å². The van der Waals surface area contributed by atoms with Crippen LogP contribution in [0.3, 0.4) is 0 Å². The molecule has 1 aromatic heterocycles. The molecule has 0 spiro atoms. The highest BCUT2D eigenvalue weighted by Crippen LogP contribution is 2.31. The molecular formula is C16H15NO4. The van der Waals surface area contributed by atoms with Gasteiger partial charge in [-0.2, -0.15) is 0 Å². The van der Waals surface area contributed by atoms with E-state index >= 15 is 0 Å². The Kier molecular flexibility index (Phi) is 3.25. The molecule has 0 saturated carbocycles. The average molecular weight is 285 g/mol. The third-order valence-corrected chi connectivity index (χ3v) is 3.70. The van der Waals surface area contributed by atoms with E-state index in [0.717, 1.165) is 11.3 Å². The monoisotopic (exact) mass is 285 g/mol. The number of aliphatic carboxylic acids is 1. The number of carbonyl (C=O) groups excluding carboxylic acids is 1. The lowest BCUT2D eigenvalue weighted by Crippen LogP contribution is -2.42. The van der Waals surface area contributed by atoms with Crippen LogP contribution in [0.4, 0.5) is 5.69 Å². The van der Waals surface area contributed by atoms with Crippen LogP contribution in [0.25, 0.3) is 0 Å². The van der Waals surface area contributed by atoms with E-state index in [1.807, 2.05) is 24.3 Å². The summed E-state index contributed by atoms with van der Waals surface area (Å²) >= 11 is 0. The van der Waals surface area contributed by atoms with Crippen LogP contribution >= 0.6 is 0 Å². The van der Waals surface area contributed by atoms with Gasteiger partial charge in [0.05, 0.1) is 5.92 Å². The number of aryl methyl sites for hydroxylation is 1. The second kappa shape index (κ2) is 5.09. The summed E-state index contributed by atoms with van der Waals surface area (Å²) in [5.41, 5.74) is 1.63. The fourth-order valence-electron chi connectivity index (χ4n) is 2.64. The van der Waals surface area contributed by atoms with Crippen molar-refractivity contribution in [1.82, 2.24) is 0 Å². The van der Waals surface area contributed by atoms with E-state index in [0.29, 0.717) is 12.2 Å². The number of hydrogen-bond donors (Lipinski definition) is 1. The summed E-state index contributed by atoms with van der Waals surface area (Å²) in [5.74, 6) is -0.911. The molecule has 0 saturated heterocycles. The highest BCUT2D eigenvalue weighted by Gasteiger charge is 2.33. The molecular weight excluding hydrogens is 270 g/mol. The Labute approximate surface area is 121 Å². The van der Waals surface area contributed by atoms with Gasteiger partial charge in [-0.15, -0.1) is 0 Å². The smallest absolute Gasteiger partial charge is 0.308 e. The second-order valence-corrected chi connectivity index (χ2v) is 5.19. The predicted octanol–water partition coefficient (Wildman–Crippen LogP) is 2.49. The minimum absolute atomic E-state index is 0.158. The van der Waals surface area contributed by atoms with Crippen molar-refractivity contribution < 1.29 is 19.1 Å². The zero-order valence-corrected chi connectivity index (χ0v) is 11.6. The molecule has 1 N–H and O–H groups in total. The minimum Gasteiger partial charge on any atom is -0.481 e. The molecule has 2 heterocycles. The first-order chi connectivity index (χ1) is 10.1. The zero-order valence-electron chi connectivity index (χ0n) is 11.6. The molecule has 3 rings (SSSR count). The van der Waals surface area contributed by atoms with Crippen LogP contribution in [0.1, 0.15) is 21.9 Å². The van der Waals surface area contributed by atoms with Crippen molar-refractivity contribution in [3.8, 4) is 0 Å². The molecule has 0 bridgehead atoms. The van der Waals surface area contributed by atoms with Crippen LogP contribution in [0.5, 0.6) is 0 Å². The lowest BCUT2D eigenvalue weighted by atomic mass is 9.92. The molecule has 0 radical (unpaired) electrons. The first-order valence-electron chi connectivity index (χ1n) is 6.75. The molecule has 1 unspecified atom stereocenters. The Balaban J connectivity index is 2.00. The van der Waals surface area contributed by atoms with E-state index in [1.54, 1.807) is 19.1 Å². The summed E-state index contributed by atoms with van der Waals surface area (Å²) < 4.78 is 5.37. The van der Waals surface area contributed by atoms with Gasteiger partial charge in [0.15, 0.2) is 5.76 Å². The van der Waals surface area contributed by atoms with Crippen molar-refractivity contribution in [2.75, 3.05) is 11.4 Å². The zero-order chi connectivity index (χ0) is 15.0. The number of carbonyl (C=O) groups is 2. The Morgan fingerprint density at radius 1 is 1.24 bits per heavy atom. The Bertz CT molecular complexity index is 704. The Morgan fingerprint density at radius 3 is 2.67 bits per heavy atom. The number of amides is 1. The van der Waals surface area contributed by atoms with E-state index in [9.17, 15) is 14.7 Å². The number of benzene rings is 1. The van der Waals surface area contributed by atoms with Crippen LogP contribution in [-0.4, -0.2) is 23.5 Å². The fraction of sp³-hybridized carbons (Fsp3) is 0.250. The summed E-state index contributed by atoms with van der Waals surface area (Å²) in [6.45, 7) is 1.92. The lowest BCUT2D eigenvalue weighted by molar-refractivity contribution is -0.141. The Morgan fingerprint density at radius 2 is 2.00 bits per heavy atom. The lowest BCUT2D eigenvalue weighted by Gasteiger charge is -2.32. The second-order valence-electron chi connectivity index (χ2n) is 5.19. The van der Waals surface area contributed by atoms with Gasteiger partial charge in [0.2, 0.25) is 0 Å². The molecule has 0 fully saturated rings. The maximum atomic E-state index is 12.6. The number of rotatable bonds is 2. The largest absolute Gasteiger partial charge is 0.481 e. The van der Waals surface area contributed by atoms with Gasteiger partial charge >= 0.3 is 5.97 Å². The minimum atomic E-state index is -0.891. The van der Waals surface area contributed by atoms with Gasteiger partial charge in [0.25, 0.3) is 5.91 Å². The van der Waals surface area contributed by atoms with Gasteiger partial charge in [-0.1, -0.05) is 18.2 Å². The van der Waals surface area contributed by atoms with Crippen LogP contribution in [0.2, 0.25) is 0 Å². The van der Waals surface area contributed by atoms with Crippen LogP contribution in [0, 0.1) is 12.8 Å². The summed E-state index contributed by atoms with van der Waals surface area (Å²) in [6, 6.07) is 10.7. The van der Waals surface area contributed by atoms with Crippen molar-refractivity contribution in [1.29, 1.82) is 0 Å². The number of carboxylic acid groups (broad SMARTS) is 1. The van der Waals surface area contributed by atoms with Gasteiger partial charge in [0.1, 0.15) is 5.76 Å². The molecule has 21 heavy (non-hydrogen) atoms. The topological polar surface area (TPSA) is 70.8 Å². The number of furan rings is 1. The highest BCUT2D eigenvalue weighted by molar-refractivity contribution is 6.05. The quantitative estimate of drug-likeness (QED) is 0.920. The maximum Gasteiger partial charge on any atom is 0.308 e. The van der Waals surface area contributed by atoms with E-state index in [1.165, 1.54) is 4.90 Å². The van der Waals surface area contributed by atoms with Gasteiger partial charge in [0, 0.05) is 12.2 Å². The highest BCUT2D eigenvalue weighted by atomic mass is 16.4. The third kappa shape index (κ3) is 2.42. The fourth-order valence-corrected chi connectivity index (χ4v) is 2.64. The number of hydrogen-bond acceptors (Lipinski definition) is 3. The van der Waals surface area contributed by atoms with Crippen molar-refractivity contribution in [2.24, 2.45) is 5.92 Å². The van der Waals surface area contributed by atoms with Crippen LogP contribution < -0.4 is 4.90 Å². The third-order valence-electron chi connectivity index (χ3n) is 3.70. The van der Waals surface area contributed by atoms with Gasteiger partial charge in [-0.25, -0.2) is 0 Å². The SMILES string of the molecule is Cc1ccc(C(=O)N2CC(C(=O)O)Cc3ccccc32)o1. The van der Waals surface area contributed by atoms with Crippen molar-refractivity contribution in [3.05, 3.63) is 53.5 Å². The molecule has 1 aliphatic heterocycles. The van der Waals surface area contributed by atoms with Crippen LogP contribution in [-0.2, 0) is 11.2 Å². The molecule has 2 aromatic rings. The summed E-state index contributed by atoms with van der Waals surface area (Å²) in [5, 5.41) is 9.28. The summed E-state index contributed by atoms with van der Waals surface area (Å²) in [6.07, 6.45) is 0.437. The van der Waals surface area contributed by atoms with Crippen molar-refractivity contribution in [3.63, 3.8) is 0 Å². The molecule has 1 amide bonds. The molecule has 0 aliphatic carbocycles. The average Bonchev–Trinajstić information content (AvgIpc) is 2.92. The van der Waals surface area contributed by atoms with Crippen molar-refractivity contribution in [2.45, 2.75) is 13.3 Å². The van der Waals surface area contributed by atoms with Gasteiger partial charge in [-0.3, -0.25) is 9.59 Å². The first kappa shape index (κ1) is 13.4. The normalized spacial score (nSPS) is 17.4. The van der Waals surface area contributed by atoms with Gasteiger partial charge < -0.3 is 14.4 Å². The predicted molar refractivity (Wildman–Crippen MR) is 76.4 cm³/mol. The van der Waals surface area contributed by atoms with Crippen molar-refractivity contribution >= 4 is 17.6 Å². The maximum absolute atomic E-state index is 12.6. The first-order valence-corrected chi connectivity index (χ1v) is 6.75. The summed E-state index contributed by atoms with van der Waals surface area (Å²) in [7, 11) is 0. The molecule has 1 aliphatic rings. The molecule has 5 nitrogen and oxygen atoms in total. The summed E-state index contributed by atoms with van der Waals surface area (Å²) in [4.78, 5) is 25.4. The molecule has 1 aromatic carbocycles. The number of para-hydroxylation sites is 1. The van der Waals surface area contributed by atoms with E-state index in [4.69, 9.17) is 4.42 Å². The number of fused-ring (bicyclic) bond motifs is 1. The standard InChI is InChI=1S/C16H15NO4/c1-10-6-7-14(21-10)15(18)17-9-12(16(19)20)8-11-4-2-3-5-13(11)17/h2-7,12H,8-9H2,1H3,(H,19,20). The number of nitrogens with zero attached hydrogens (tertiary/aromatic N) is 1. The molecule has 108 valence electrons. The number of carboxylic acids is 1. The van der Waals surface area contributed by atoms with Crippen LogP contribution in [0.15, 0.2) is 40.8 Å². The molecule has 5 heteroatoms. The Hall–Kier alpha value is -2.56. The molecule has 1 atom stereocenters. The number of anilines is 1. The van der Waals surface area contributed by atoms with E-state index < -0.39 is 11.9 Å². The van der Waals surface area contributed by atoms with E-state index in [-0.39, 0.29) is 18.2 Å². The van der Waals surface area contributed by atoms with E-state index in [2.05, 4.69) is 0 Å².